The molecule has 1 fully saturated rings. The minimum Gasteiger partial charge on any atom is -0.336 e. The van der Waals surface area contributed by atoms with Crippen LogP contribution in [-0.2, 0) is 0 Å². The quantitative estimate of drug-likeness (QED) is 0.662. The predicted molar refractivity (Wildman–Crippen MR) is 53.6 cm³/mol. The highest BCUT2D eigenvalue weighted by Crippen LogP contribution is 2.24. The average molecular weight is 184 g/mol. The molecule has 1 rings (SSSR count). The second-order valence-electron chi connectivity index (χ2n) is 5.04. The van der Waals surface area contributed by atoms with Crippen LogP contribution in [0.1, 0.15) is 34.6 Å². The van der Waals surface area contributed by atoms with E-state index in [0.29, 0.717) is 12.0 Å². The third-order valence-corrected chi connectivity index (χ3v) is 2.51. The van der Waals surface area contributed by atoms with E-state index in [1.54, 1.807) is 0 Å². The van der Waals surface area contributed by atoms with Crippen LogP contribution in [0.15, 0.2) is 0 Å². The molecule has 0 aromatic carbocycles. The molecule has 3 nitrogen and oxygen atoms in total. The largest absolute Gasteiger partial charge is 0.336 e. The number of carbonyl (C=O) groups excluding carboxylic acids is 1. The highest BCUT2D eigenvalue weighted by Gasteiger charge is 2.39. The molecule has 13 heavy (non-hydrogen) atoms. The Hall–Kier alpha value is -0.730. The molecule has 0 spiro atoms. The van der Waals surface area contributed by atoms with E-state index in [2.05, 4.69) is 39.9 Å². The van der Waals surface area contributed by atoms with E-state index in [1.165, 1.54) is 0 Å². The highest BCUT2D eigenvalue weighted by atomic mass is 16.2. The van der Waals surface area contributed by atoms with Crippen LogP contribution < -0.4 is 5.32 Å². The lowest BCUT2D eigenvalue weighted by atomic mass is 9.98. The van der Waals surface area contributed by atoms with E-state index in [0.717, 1.165) is 6.54 Å². The first-order valence-electron chi connectivity index (χ1n) is 4.91. The standard InChI is InChI=1S/C10H20N2O/c1-7(2)8-6-11-9(13)12(8)10(3,4)5/h7-8H,6H2,1-5H3,(H,11,13). The summed E-state index contributed by atoms with van der Waals surface area (Å²) < 4.78 is 0. The van der Waals surface area contributed by atoms with E-state index in [1.807, 2.05) is 4.90 Å². The number of hydrogen-bond donors (Lipinski definition) is 1. The second-order valence-corrected chi connectivity index (χ2v) is 5.04. The summed E-state index contributed by atoms with van der Waals surface area (Å²) >= 11 is 0. The maximum atomic E-state index is 11.6. The first-order valence-corrected chi connectivity index (χ1v) is 4.91. The van der Waals surface area contributed by atoms with E-state index >= 15 is 0 Å². The van der Waals surface area contributed by atoms with Crippen LogP contribution >= 0.6 is 0 Å². The fourth-order valence-corrected chi connectivity index (χ4v) is 1.85. The van der Waals surface area contributed by atoms with Crippen molar-refractivity contribution in [2.75, 3.05) is 6.54 Å². The number of nitrogens with zero attached hydrogens (tertiary/aromatic N) is 1. The number of rotatable bonds is 1. The van der Waals surface area contributed by atoms with Gasteiger partial charge in [-0.05, 0) is 26.7 Å². The van der Waals surface area contributed by atoms with Gasteiger partial charge >= 0.3 is 6.03 Å². The molecule has 1 aliphatic heterocycles. The monoisotopic (exact) mass is 184 g/mol. The Balaban J connectivity index is 2.84. The van der Waals surface area contributed by atoms with Gasteiger partial charge in [-0.1, -0.05) is 13.8 Å². The van der Waals surface area contributed by atoms with Gasteiger partial charge in [0.2, 0.25) is 0 Å². The van der Waals surface area contributed by atoms with Crippen LogP contribution in [0.25, 0.3) is 0 Å². The fourth-order valence-electron chi connectivity index (χ4n) is 1.85. The highest BCUT2D eigenvalue weighted by molar-refractivity contribution is 5.77. The number of nitrogens with one attached hydrogen (secondary N) is 1. The Bertz CT molecular complexity index is 205. The molecular weight excluding hydrogens is 164 g/mol. The molecule has 0 saturated carbocycles. The van der Waals surface area contributed by atoms with E-state index in [-0.39, 0.29) is 11.6 Å². The zero-order valence-corrected chi connectivity index (χ0v) is 9.22. The van der Waals surface area contributed by atoms with Gasteiger partial charge < -0.3 is 10.2 Å². The molecule has 1 atom stereocenters. The zero-order valence-electron chi connectivity index (χ0n) is 9.22. The van der Waals surface area contributed by atoms with Crippen molar-refractivity contribution >= 4 is 6.03 Å². The van der Waals surface area contributed by atoms with Gasteiger partial charge in [0.1, 0.15) is 0 Å². The number of hydrogen-bond acceptors (Lipinski definition) is 1. The average Bonchev–Trinajstić information content (AvgIpc) is 2.28. The molecule has 0 bridgehead atoms. The third kappa shape index (κ3) is 1.95. The summed E-state index contributed by atoms with van der Waals surface area (Å²) in [5.41, 5.74) is -0.0739. The van der Waals surface area contributed by atoms with Crippen molar-refractivity contribution in [2.45, 2.75) is 46.2 Å². The molecule has 2 amide bonds. The van der Waals surface area contributed by atoms with Crippen LogP contribution in [0.5, 0.6) is 0 Å². The normalized spacial score (nSPS) is 24.0. The molecule has 0 radical (unpaired) electrons. The summed E-state index contributed by atoms with van der Waals surface area (Å²) in [7, 11) is 0. The van der Waals surface area contributed by atoms with E-state index in [9.17, 15) is 4.79 Å². The van der Waals surface area contributed by atoms with Crippen molar-refractivity contribution in [3.05, 3.63) is 0 Å². The van der Waals surface area contributed by atoms with Gasteiger partial charge in [-0.25, -0.2) is 4.79 Å². The van der Waals surface area contributed by atoms with Crippen molar-refractivity contribution in [1.29, 1.82) is 0 Å². The van der Waals surface area contributed by atoms with Gasteiger partial charge in [-0.2, -0.15) is 0 Å². The molecule has 1 unspecified atom stereocenters. The summed E-state index contributed by atoms with van der Waals surface area (Å²) in [5, 5.41) is 2.89. The first kappa shape index (κ1) is 10.4. The molecule has 1 aliphatic rings. The van der Waals surface area contributed by atoms with Gasteiger partial charge in [0.15, 0.2) is 0 Å². The van der Waals surface area contributed by atoms with Crippen LogP contribution in [0.4, 0.5) is 4.79 Å². The molecule has 3 heteroatoms. The Morgan fingerprint density at radius 2 is 2.00 bits per heavy atom. The molecule has 1 saturated heterocycles. The van der Waals surface area contributed by atoms with E-state index in [4.69, 9.17) is 0 Å². The topological polar surface area (TPSA) is 32.3 Å². The van der Waals surface area contributed by atoms with E-state index < -0.39 is 0 Å². The predicted octanol–water partition coefficient (Wildman–Crippen LogP) is 1.83. The maximum Gasteiger partial charge on any atom is 0.318 e. The van der Waals surface area contributed by atoms with Crippen LogP contribution in [0.2, 0.25) is 0 Å². The van der Waals surface area contributed by atoms with Gasteiger partial charge in [0.05, 0.1) is 6.04 Å². The number of carbonyl (C=O) groups is 1. The van der Waals surface area contributed by atoms with Crippen LogP contribution in [0.3, 0.4) is 0 Å². The molecule has 76 valence electrons. The Labute approximate surface area is 80.5 Å². The summed E-state index contributed by atoms with van der Waals surface area (Å²) in [5.74, 6) is 0.512. The molecule has 0 aromatic heterocycles. The van der Waals surface area contributed by atoms with Crippen molar-refractivity contribution in [3.63, 3.8) is 0 Å². The minimum atomic E-state index is -0.0739. The number of amides is 2. The molecule has 0 aromatic rings. The zero-order chi connectivity index (χ0) is 10.2. The molecule has 0 aliphatic carbocycles. The van der Waals surface area contributed by atoms with Crippen LogP contribution in [-0.4, -0.2) is 29.1 Å². The van der Waals surface area contributed by atoms with Crippen molar-refractivity contribution in [1.82, 2.24) is 10.2 Å². The smallest absolute Gasteiger partial charge is 0.318 e. The Kier molecular flexibility index (Phi) is 2.55. The lowest BCUT2D eigenvalue weighted by molar-refractivity contribution is 0.121. The van der Waals surface area contributed by atoms with Crippen molar-refractivity contribution in [3.8, 4) is 0 Å². The lowest BCUT2D eigenvalue weighted by Gasteiger charge is -2.37. The SMILES string of the molecule is CC(C)C1CNC(=O)N1C(C)(C)C. The van der Waals surface area contributed by atoms with Gasteiger partial charge in [0, 0.05) is 12.1 Å². The van der Waals surface area contributed by atoms with Gasteiger partial charge in [-0.3, -0.25) is 0 Å². The second kappa shape index (κ2) is 3.20. The van der Waals surface area contributed by atoms with Crippen molar-refractivity contribution < 1.29 is 4.79 Å². The van der Waals surface area contributed by atoms with Gasteiger partial charge in [0.25, 0.3) is 0 Å². The summed E-state index contributed by atoms with van der Waals surface area (Å²) in [6.45, 7) is 11.3. The Morgan fingerprint density at radius 3 is 2.31 bits per heavy atom. The lowest BCUT2D eigenvalue weighted by Crippen LogP contribution is -2.49. The first-order chi connectivity index (χ1) is 5.84. The molecule has 1 N–H and O–H groups in total. The summed E-state index contributed by atoms with van der Waals surface area (Å²) in [6.07, 6.45) is 0. The number of urea groups is 1. The third-order valence-electron chi connectivity index (χ3n) is 2.51. The summed E-state index contributed by atoms with van der Waals surface area (Å²) in [6, 6.07) is 0.415. The maximum absolute atomic E-state index is 11.6. The minimum absolute atomic E-state index is 0.0739. The van der Waals surface area contributed by atoms with Crippen molar-refractivity contribution in [2.24, 2.45) is 5.92 Å². The molecule has 1 heterocycles. The van der Waals surface area contributed by atoms with Crippen LogP contribution in [0, 0.1) is 5.92 Å². The summed E-state index contributed by atoms with van der Waals surface area (Å²) in [4.78, 5) is 13.5. The fraction of sp³-hybridized carbons (Fsp3) is 0.900. The molecular formula is C10H20N2O. The van der Waals surface area contributed by atoms with Gasteiger partial charge in [-0.15, -0.1) is 0 Å². The Morgan fingerprint density at radius 1 is 1.46 bits per heavy atom.